The summed E-state index contributed by atoms with van der Waals surface area (Å²) in [6, 6.07) is 8.05. The first kappa shape index (κ1) is 16.6. The van der Waals surface area contributed by atoms with Gasteiger partial charge < -0.3 is 15.0 Å². The van der Waals surface area contributed by atoms with Gasteiger partial charge in [-0.2, -0.15) is 0 Å². The number of nitrogens with zero attached hydrogens (tertiary/aromatic N) is 2. The molecule has 2 rings (SSSR count). The second-order valence-electron chi connectivity index (χ2n) is 6.21. The van der Waals surface area contributed by atoms with E-state index in [2.05, 4.69) is 24.1 Å². The van der Waals surface area contributed by atoms with Crippen LogP contribution in [0.15, 0.2) is 24.3 Å². The lowest BCUT2D eigenvalue weighted by Gasteiger charge is -2.36. The number of piperazine rings is 1. The lowest BCUT2D eigenvalue weighted by molar-refractivity contribution is 0.125. The number of amides is 2. The number of para-hydroxylation sites is 2. The van der Waals surface area contributed by atoms with Crippen LogP contribution in [0.3, 0.4) is 0 Å². The van der Waals surface area contributed by atoms with Crippen molar-refractivity contribution in [3.8, 4) is 5.75 Å². The van der Waals surface area contributed by atoms with Gasteiger partial charge in [0.15, 0.2) is 0 Å². The van der Waals surface area contributed by atoms with Crippen LogP contribution in [-0.4, -0.2) is 54.2 Å². The van der Waals surface area contributed by atoms with Gasteiger partial charge in [-0.3, -0.25) is 4.90 Å². The quantitative estimate of drug-likeness (QED) is 0.930. The third-order valence-corrected chi connectivity index (χ3v) is 3.82. The van der Waals surface area contributed by atoms with Crippen molar-refractivity contribution >= 4 is 11.7 Å². The average Bonchev–Trinajstić information content (AvgIpc) is 2.48. The van der Waals surface area contributed by atoms with Crippen LogP contribution in [0.5, 0.6) is 5.75 Å². The van der Waals surface area contributed by atoms with Gasteiger partial charge in [0.2, 0.25) is 0 Å². The van der Waals surface area contributed by atoms with Crippen molar-refractivity contribution in [1.29, 1.82) is 0 Å². The van der Waals surface area contributed by atoms with Gasteiger partial charge >= 0.3 is 6.03 Å². The number of hydrogen-bond donors (Lipinski definition) is 1. The molecule has 0 atom stereocenters. The molecular formula is C17H27N3O2. The van der Waals surface area contributed by atoms with Crippen molar-refractivity contribution in [2.75, 3.05) is 31.5 Å². The fourth-order valence-corrected chi connectivity index (χ4v) is 2.56. The van der Waals surface area contributed by atoms with E-state index in [0.29, 0.717) is 11.8 Å². The maximum absolute atomic E-state index is 12.4. The molecule has 0 unspecified atom stereocenters. The number of carbonyl (C=O) groups excluding carboxylic acids is 1. The molecule has 0 aliphatic carbocycles. The third-order valence-electron chi connectivity index (χ3n) is 3.82. The summed E-state index contributed by atoms with van der Waals surface area (Å²) in [5.74, 6) is 0.715. The van der Waals surface area contributed by atoms with Crippen LogP contribution in [0.2, 0.25) is 0 Å². The molecule has 22 heavy (non-hydrogen) atoms. The Balaban J connectivity index is 1.95. The van der Waals surface area contributed by atoms with Crippen molar-refractivity contribution in [2.24, 2.45) is 0 Å². The second-order valence-corrected chi connectivity index (χ2v) is 6.21. The lowest BCUT2D eigenvalue weighted by Crippen LogP contribution is -2.51. The first-order valence-electron chi connectivity index (χ1n) is 8.03. The summed E-state index contributed by atoms with van der Waals surface area (Å²) in [4.78, 5) is 16.7. The minimum Gasteiger partial charge on any atom is -0.489 e. The maximum Gasteiger partial charge on any atom is 0.322 e. The normalized spacial score (nSPS) is 16.2. The largest absolute Gasteiger partial charge is 0.489 e. The van der Waals surface area contributed by atoms with Crippen LogP contribution < -0.4 is 10.1 Å². The van der Waals surface area contributed by atoms with Crippen LogP contribution >= 0.6 is 0 Å². The lowest BCUT2D eigenvalue weighted by atomic mass is 10.2. The Morgan fingerprint density at radius 2 is 1.73 bits per heavy atom. The molecule has 5 heteroatoms. The maximum atomic E-state index is 12.4. The van der Waals surface area contributed by atoms with E-state index >= 15 is 0 Å². The number of carbonyl (C=O) groups is 1. The standard InChI is InChI=1S/C17H27N3O2/c1-13(2)19-9-11-20(12-10-19)17(21)18-15-7-5-6-8-16(15)22-14(3)4/h5-8,13-14H,9-12H2,1-4H3,(H,18,21). The van der Waals surface area contributed by atoms with Gasteiger partial charge in [-0.1, -0.05) is 12.1 Å². The van der Waals surface area contributed by atoms with E-state index in [1.165, 1.54) is 0 Å². The monoisotopic (exact) mass is 305 g/mol. The summed E-state index contributed by atoms with van der Waals surface area (Å²) >= 11 is 0. The summed E-state index contributed by atoms with van der Waals surface area (Å²) < 4.78 is 5.74. The van der Waals surface area contributed by atoms with Gasteiger partial charge in [0, 0.05) is 32.2 Å². The van der Waals surface area contributed by atoms with Crippen LogP contribution in [-0.2, 0) is 0 Å². The molecular weight excluding hydrogens is 278 g/mol. The van der Waals surface area contributed by atoms with Gasteiger partial charge in [0.05, 0.1) is 11.8 Å². The van der Waals surface area contributed by atoms with Gasteiger partial charge in [-0.25, -0.2) is 4.79 Å². The number of benzene rings is 1. The Morgan fingerprint density at radius 3 is 2.32 bits per heavy atom. The zero-order valence-electron chi connectivity index (χ0n) is 14.0. The molecule has 1 aromatic carbocycles. The van der Waals surface area contributed by atoms with Gasteiger partial charge in [-0.05, 0) is 39.8 Å². The van der Waals surface area contributed by atoms with Gasteiger partial charge in [0.25, 0.3) is 0 Å². The molecule has 5 nitrogen and oxygen atoms in total. The average molecular weight is 305 g/mol. The molecule has 0 spiro atoms. The van der Waals surface area contributed by atoms with Gasteiger partial charge in [0.1, 0.15) is 5.75 Å². The molecule has 1 fully saturated rings. The molecule has 1 aliphatic rings. The zero-order chi connectivity index (χ0) is 16.1. The topological polar surface area (TPSA) is 44.8 Å². The number of anilines is 1. The Hall–Kier alpha value is -1.75. The van der Waals surface area contributed by atoms with Crippen molar-refractivity contribution < 1.29 is 9.53 Å². The predicted molar refractivity (Wildman–Crippen MR) is 89.5 cm³/mol. The summed E-state index contributed by atoms with van der Waals surface area (Å²) in [5, 5.41) is 2.97. The first-order chi connectivity index (χ1) is 10.5. The van der Waals surface area contributed by atoms with E-state index in [0.717, 1.165) is 31.9 Å². The summed E-state index contributed by atoms with van der Waals surface area (Å²) in [5.41, 5.74) is 0.729. The molecule has 0 aromatic heterocycles. The molecule has 0 bridgehead atoms. The molecule has 1 aliphatic heterocycles. The SMILES string of the molecule is CC(C)Oc1ccccc1NC(=O)N1CCN(C(C)C)CC1. The van der Waals surface area contributed by atoms with E-state index in [-0.39, 0.29) is 12.1 Å². The minimum atomic E-state index is -0.0526. The molecule has 2 amide bonds. The van der Waals surface area contributed by atoms with E-state index in [1.807, 2.05) is 43.0 Å². The summed E-state index contributed by atoms with van der Waals surface area (Å²) in [6.45, 7) is 11.7. The van der Waals surface area contributed by atoms with Crippen LogP contribution in [0, 0.1) is 0 Å². The summed E-state index contributed by atoms with van der Waals surface area (Å²) in [6.07, 6.45) is 0.0765. The zero-order valence-corrected chi connectivity index (χ0v) is 14.0. The second kappa shape index (κ2) is 7.49. The Morgan fingerprint density at radius 1 is 1.09 bits per heavy atom. The molecule has 0 saturated carbocycles. The fraction of sp³-hybridized carbons (Fsp3) is 0.588. The molecule has 1 N–H and O–H groups in total. The number of hydrogen-bond acceptors (Lipinski definition) is 3. The highest BCUT2D eigenvalue weighted by atomic mass is 16.5. The number of ether oxygens (including phenoxy) is 1. The molecule has 0 radical (unpaired) electrons. The summed E-state index contributed by atoms with van der Waals surface area (Å²) in [7, 11) is 0. The number of urea groups is 1. The minimum absolute atomic E-state index is 0.0526. The van der Waals surface area contributed by atoms with E-state index in [4.69, 9.17) is 4.74 Å². The Kier molecular flexibility index (Phi) is 5.66. The van der Waals surface area contributed by atoms with Gasteiger partial charge in [-0.15, -0.1) is 0 Å². The first-order valence-corrected chi connectivity index (χ1v) is 8.03. The van der Waals surface area contributed by atoms with Crippen molar-refractivity contribution in [3.63, 3.8) is 0 Å². The Bertz CT molecular complexity index is 494. The number of nitrogens with one attached hydrogen (secondary N) is 1. The van der Waals surface area contributed by atoms with Crippen molar-refractivity contribution in [2.45, 2.75) is 39.8 Å². The molecule has 1 heterocycles. The van der Waals surface area contributed by atoms with Crippen molar-refractivity contribution in [3.05, 3.63) is 24.3 Å². The van der Waals surface area contributed by atoms with E-state index in [1.54, 1.807) is 0 Å². The third kappa shape index (κ3) is 4.37. The fourth-order valence-electron chi connectivity index (χ4n) is 2.56. The van der Waals surface area contributed by atoms with E-state index in [9.17, 15) is 4.79 Å². The van der Waals surface area contributed by atoms with Crippen LogP contribution in [0.25, 0.3) is 0 Å². The van der Waals surface area contributed by atoms with E-state index < -0.39 is 0 Å². The predicted octanol–water partition coefficient (Wildman–Crippen LogP) is 3.03. The molecule has 122 valence electrons. The Labute approximate surface area is 133 Å². The molecule has 1 aromatic rings. The van der Waals surface area contributed by atoms with Crippen LogP contribution in [0.4, 0.5) is 10.5 Å². The highest BCUT2D eigenvalue weighted by Gasteiger charge is 2.23. The molecule has 1 saturated heterocycles. The number of rotatable bonds is 4. The highest BCUT2D eigenvalue weighted by Crippen LogP contribution is 2.25. The van der Waals surface area contributed by atoms with Crippen molar-refractivity contribution in [1.82, 2.24) is 9.80 Å². The van der Waals surface area contributed by atoms with Crippen LogP contribution in [0.1, 0.15) is 27.7 Å². The highest BCUT2D eigenvalue weighted by molar-refractivity contribution is 5.91. The smallest absolute Gasteiger partial charge is 0.322 e.